The first-order valence-electron chi connectivity index (χ1n) is 8.40. The predicted molar refractivity (Wildman–Crippen MR) is 100 cm³/mol. The number of nitrogens with zero attached hydrogens (tertiary/aromatic N) is 2. The molecule has 0 aliphatic carbocycles. The lowest BCUT2D eigenvalue weighted by molar-refractivity contribution is -0.141. The fourth-order valence-electron chi connectivity index (χ4n) is 2.64. The van der Waals surface area contributed by atoms with Gasteiger partial charge in [-0.05, 0) is 45.4 Å². The van der Waals surface area contributed by atoms with Crippen LogP contribution in [0.5, 0.6) is 0 Å². The van der Waals surface area contributed by atoms with Gasteiger partial charge in [-0.3, -0.25) is 4.79 Å². The second kappa shape index (κ2) is 7.89. The van der Waals surface area contributed by atoms with Crippen LogP contribution < -0.4 is 0 Å². The maximum absolute atomic E-state index is 12.9. The maximum Gasteiger partial charge on any atom is 0.230 e. The monoisotopic (exact) mass is 346 g/mol. The molecule has 0 bridgehead atoms. The molecule has 1 heterocycles. The van der Waals surface area contributed by atoms with Crippen molar-refractivity contribution in [2.45, 2.75) is 46.8 Å². The van der Waals surface area contributed by atoms with Crippen molar-refractivity contribution < 1.29 is 4.79 Å². The van der Waals surface area contributed by atoms with E-state index in [2.05, 4.69) is 29.0 Å². The van der Waals surface area contributed by atoms with E-state index in [9.17, 15) is 4.79 Å². The van der Waals surface area contributed by atoms with Gasteiger partial charge in [-0.25, -0.2) is 0 Å². The molecule has 1 aromatic carbocycles. The van der Waals surface area contributed by atoms with E-state index >= 15 is 0 Å². The van der Waals surface area contributed by atoms with Crippen LogP contribution in [0.2, 0.25) is 0 Å². The van der Waals surface area contributed by atoms with E-state index in [0.717, 1.165) is 12.2 Å². The van der Waals surface area contributed by atoms with E-state index in [-0.39, 0.29) is 11.9 Å². The first-order chi connectivity index (χ1) is 11.3. The summed E-state index contributed by atoms with van der Waals surface area (Å²) in [6.45, 7) is 9.31. The molecule has 4 heteroatoms. The van der Waals surface area contributed by atoms with Crippen LogP contribution in [0.3, 0.4) is 0 Å². The summed E-state index contributed by atoms with van der Waals surface area (Å²) in [7, 11) is 0. The summed E-state index contributed by atoms with van der Waals surface area (Å²) in [5.74, 6) is 0.417. The number of hydrogen-bond acceptors (Lipinski definition) is 1. The highest BCUT2D eigenvalue weighted by molar-refractivity contribution is 6.19. The third kappa shape index (κ3) is 4.41. The van der Waals surface area contributed by atoms with Crippen molar-refractivity contribution in [1.29, 1.82) is 0 Å². The van der Waals surface area contributed by atoms with Gasteiger partial charge >= 0.3 is 0 Å². The van der Waals surface area contributed by atoms with E-state index in [1.165, 1.54) is 5.56 Å². The SMILES string of the molecule is CC(C)N(Cc1cccn1Cc1ccccc1)C(=O)C(C)(C)CCl. The van der Waals surface area contributed by atoms with E-state index < -0.39 is 5.41 Å². The second-order valence-electron chi connectivity index (χ2n) is 7.16. The molecule has 130 valence electrons. The first kappa shape index (κ1) is 18.6. The number of amides is 1. The zero-order valence-corrected chi connectivity index (χ0v) is 15.8. The molecule has 2 aromatic rings. The Morgan fingerprint density at radius 2 is 1.83 bits per heavy atom. The van der Waals surface area contributed by atoms with Crippen LogP contribution >= 0.6 is 11.6 Å². The van der Waals surface area contributed by atoms with Gasteiger partial charge in [0.15, 0.2) is 0 Å². The zero-order chi connectivity index (χ0) is 17.7. The van der Waals surface area contributed by atoms with Gasteiger partial charge in [-0.1, -0.05) is 30.3 Å². The van der Waals surface area contributed by atoms with E-state index in [4.69, 9.17) is 11.6 Å². The topological polar surface area (TPSA) is 25.2 Å². The minimum atomic E-state index is -0.553. The van der Waals surface area contributed by atoms with Crippen LogP contribution in [0.1, 0.15) is 39.0 Å². The number of carbonyl (C=O) groups is 1. The number of aromatic nitrogens is 1. The molecule has 0 radical (unpaired) electrons. The average Bonchev–Trinajstić information content (AvgIpc) is 2.99. The quantitative estimate of drug-likeness (QED) is 0.676. The minimum absolute atomic E-state index is 0.0972. The normalized spacial score (nSPS) is 11.8. The highest BCUT2D eigenvalue weighted by atomic mass is 35.5. The Bertz CT molecular complexity index is 661. The average molecular weight is 347 g/mol. The lowest BCUT2D eigenvalue weighted by Crippen LogP contribution is -2.45. The third-order valence-electron chi connectivity index (χ3n) is 4.25. The summed E-state index contributed by atoms with van der Waals surface area (Å²) in [5.41, 5.74) is 1.83. The number of alkyl halides is 1. The molecule has 1 amide bonds. The molecule has 2 rings (SSSR count). The zero-order valence-electron chi connectivity index (χ0n) is 15.0. The lowest BCUT2D eigenvalue weighted by Gasteiger charge is -2.34. The Kier molecular flexibility index (Phi) is 6.11. The largest absolute Gasteiger partial charge is 0.345 e. The van der Waals surface area contributed by atoms with Crippen molar-refractivity contribution in [3.05, 3.63) is 59.9 Å². The summed E-state index contributed by atoms with van der Waals surface area (Å²) >= 11 is 6.00. The van der Waals surface area contributed by atoms with Gasteiger partial charge in [0.25, 0.3) is 0 Å². The smallest absolute Gasteiger partial charge is 0.230 e. The summed E-state index contributed by atoms with van der Waals surface area (Å²) < 4.78 is 2.20. The van der Waals surface area contributed by atoms with E-state index in [1.54, 1.807) is 0 Å². The van der Waals surface area contributed by atoms with Crippen LogP contribution in [0, 0.1) is 5.41 Å². The van der Waals surface area contributed by atoms with Gasteiger partial charge in [0.05, 0.1) is 12.0 Å². The Hall–Kier alpha value is -1.74. The summed E-state index contributed by atoms with van der Waals surface area (Å²) in [4.78, 5) is 14.8. The van der Waals surface area contributed by atoms with Crippen LogP contribution in [0.25, 0.3) is 0 Å². The molecule has 0 spiro atoms. The summed E-state index contributed by atoms with van der Waals surface area (Å²) in [6.07, 6.45) is 2.07. The molecule has 0 aliphatic heterocycles. The number of carbonyl (C=O) groups excluding carboxylic acids is 1. The molecule has 0 saturated heterocycles. The third-order valence-corrected chi connectivity index (χ3v) is 4.92. The Morgan fingerprint density at radius 1 is 1.17 bits per heavy atom. The van der Waals surface area contributed by atoms with E-state index in [0.29, 0.717) is 12.4 Å². The minimum Gasteiger partial charge on any atom is -0.345 e. The Labute approximate surface area is 150 Å². The van der Waals surface area contributed by atoms with Gasteiger partial charge < -0.3 is 9.47 Å². The maximum atomic E-state index is 12.9. The molecule has 0 unspecified atom stereocenters. The predicted octanol–water partition coefficient (Wildman–Crippen LogP) is 4.54. The highest BCUT2D eigenvalue weighted by Crippen LogP contribution is 2.24. The van der Waals surface area contributed by atoms with Gasteiger partial charge in [-0.2, -0.15) is 0 Å². The lowest BCUT2D eigenvalue weighted by atomic mass is 9.93. The van der Waals surface area contributed by atoms with E-state index in [1.807, 2.05) is 56.9 Å². The van der Waals surface area contributed by atoms with Crippen LogP contribution in [0.15, 0.2) is 48.7 Å². The number of benzene rings is 1. The number of halogens is 1. The standard InChI is InChI=1S/C20H27ClN2O/c1-16(2)23(19(24)20(3,4)15-21)14-18-11-8-12-22(18)13-17-9-6-5-7-10-17/h5-12,16H,13-15H2,1-4H3. The Morgan fingerprint density at radius 3 is 2.42 bits per heavy atom. The molecule has 1 aromatic heterocycles. The van der Waals surface area contributed by atoms with Crippen LogP contribution in [-0.2, 0) is 17.9 Å². The highest BCUT2D eigenvalue weighted by Gasteiger charge is 2.32. The van der Waals surface area contributed by atoms with Crippen molar-refractivity contribution >= 4 is 17.5 Å². The summed E-state index contributed by atoms with van der Waals surface area (Å²) in [6, 6.07) is 14.6. The second-order valence-corrected chi connectivity index (χ2v) is 7.42. The molecule has 0 N–H and O–H groups in total. The van der Waals surface area contributed by atoms with Crippen molar-refractivity contribution in [3.8, 4) is 0 Å². The van der Waals surface area contributed by atoms with Crippen molar-refractivity contribution in [3.63, 3.8) is 0 Å². The van der Waals surface area contributed by atoms with Crippen LogP contribution in [0.4, 0.5) is 0 Å². The molecular weight excluding hydrogens is 320 g/mol. The Balaban J connectivity index is 2.19. The number of hydrogen-bond donors (Lipinski definition) is 0. The van der Waals surface area contributed by atoms with Crippen molar-refractivity contribution in [1.82, 2.24) is 9.47 Å². The van der Waals surface area contributed by atoms with Gasteiger partial charge in [0.2, 0.25) is 5.91 Å². The first-order valence-corrected chi connectivity index (χ1v) is 8.93. The molecule has 0 aliphatic rings. The van der Waals surface area contributed by atoms with Crippen LogP contribution in [-0.4, -0.2) is 27.3 Å². The number of rotatable bonds is 7. The molecule has 0 atom stereocenters. The van der Waals surface area contributed by atoms with Crippen molar-refractivity contribution in [2.24, 2.45) is 5.41 Å². The van der Waals surface area contributed by atoms with Gasteiger partial charge in [-0.15, -0.1) is 11.6 Å². The van der Waals surface area contributed by atoms with Gasteiger partial charge in [0.1, 0.15) is 0 Å². The fourth-order valence-corrected chi connectivity index (χ4v) is 2.75. The summed E-state index contributed by atoms with van der Waals surface area (Å²) in [5, 5.41) is 0. The molecular formula is C20H27ClN2O. The molecule has 0 fully saturated rings. The molecule has 0 saturated carbocycles. The molecule has 3 nitrogen and oxygen atoms in total. The van der Waals surface area contributed by atoms with Gasteiger partial charge in [0, 0.05) is 30.4 Å². The van der Waals surface area contributed by atoms with Crippen molar-refractivity contribution in [2.75, 3.05) is 5.88 Å². The fraction of sp³-hybridized carbons (Fsp3) is 0.450. The molecule has 24 heavy (non-hydrogen) atoms.